The van der Waals surface area contributed by atoms with Gasteiger partial charge in [0.1, 0.15) is 0 Å². The monoisotopic (exact) mass is 380 g/mol. The molecule has 0 bridgehead atoms. The molecule has 0 aliphatic carbocycles. The predicted octanol–water partition coefficient (Wildman–Crippen LogP) is 4.28. The molecule has 1 aromatic heterocycles. The number of fused-ring (bicyclic) bond motifs is 1. The maximum Gasteiger partial charge on any atom is 0.179 e. The van der Waals surface area contributed by atoms with Crippen molar-refractivity contribution in [1.82, 2.24) is 9.55 Å². The van der Waals surface area contributed by atoms with E-state index in [2.05, 4.69) is 16.5 Å². The van der Waals surface area contributed by atoms with Gasteiger partial charge in [-0.1, -0.05) is 35.5 Å². The minimum atomic E-state index is -3.31. The second-order valence-electron chi connectivity index (χ2n) is 5.25. The minimum absolute atomic E-state index is 0.0617. The number of benzene rings is 2. The molecule has 0 atom stereocenters. The van der Waals surface area contributed by atoms with Crippen molar-refractivity contribution in [3.8, 4) is 0 Å². The van der Waals surface area contributed by atoms with Gasteiger partial charge in [0.05, 0.1) is 21.7 Å². The van der Waals surface area contributed by atoms with Crippen LogP contribution in [-0.2, 0) is 16.4 Å². The Bertz CT molecular complexity index is 950. The highest BCUT2D eigenvalue weighted by Crippen LogP contribution is 2.25. The molecule has 0 saturated heterocycles. The van der Waals surface area contributed by atoms with Gasteiger partial charge in [-0.2, -0.15) is 0 Å². The number of halogens is 1. The van der Waals surface area contributed by atoms with Crippen molar-refractivity contribution in [2.75, 3.05) is 11.5 Å². The molecule has 0 aliphatic heterocycles. The van der Waals surface area contributed by atoms with Crippen LogP contribution in [-0.4, -0.2) is 29.5 Å². The molecular formula is C17H17ClN2O2S2. The fourth-order valence-corrected chi connectivity index (χ4v) is 5.32. The first-order valence-corrected chi connectivity index (χ1v) is 10.6. The topological polar surface area (TPSA) is 52.0 Å². The molecule has 4 nitrogen and oxygen atoms in total. The molecule has 2 aromatic carbocycles. The van der Waals surface area contributed by atoms with E-state index < -0.39 is 9.84 Å². The van der Waals surface area contributed by atoms with Crippen LogP contribution in [0.25, 0.3) is 11.0 Å². The van der Waals surface area contributed by atoms with Crippen molar-refractivity contribution in [2.45, 2.75) is 23.5 Å². The van der Waals surface area contributed by atoms with Crippen LogP contribution in [0.2, 0.25) is 5.02 Å². The van der Waals surface area contributed by atoms with Gasteiger partial charge in [-0.05, 0) is 43.3 Å². The Kier molecular flexibility index (Phi) is 5.18. The Hall–Kier alpha value is -1.50. The molecule has 0 unspecified atom stereocenters. The second kappa shape index (κ2) is 7.17. The number of aromatic nitrogens is 2. The maximum absolute atomic E-state index is 12.4. The molecule has 3 aromatic rings. The van der Waals surface area contributed by atoms with E-state index in [4.69, 9.17) is 11.6 Å². The molecule has 0 aliphatic rings. The standard InChI is InChI=1S/C17H17ClN2O2S2/c1-2-20-16-6-4-3-5-15(16)19-17(20)23-11-12-24(21,22)14-9-7-13(18)8-10-14/h3-10H,2,11-12H2,1H3. The Morgan fingerprint density at radius 3 is 2.54 bits per heavy atom. The lowest BCUT2D eigenvalue weighted by Gasteiger charge is -2.06. The highest BCUT2D eigenvalue weighted by molar-refractivity contribution is 8.00. The van der Waals surface area contributed by atoms with Gasteiger partial charge in [0.25, 0.3) is 0 Å². The molecule has 3 rings (SSSR count). The van der Waals surface area contributed by atoms with Crippen molar-refractivity contribution < 1.29 is 8.42 Å². The average Bonchev–Trinajstić information content (AvgIpc) is 2.92. The van der Waals surface area contributed by atoms with E-state index in [1.165, 1.54) is 11.8 Å². The van der Waals surface area contributed by atoms with Crippen LogP contribution < -0.4 is 0 Å². The third-order valence-corrected chi connectivity index (χ3v) is 6.91. The molecule has 7 heteroatoms. The van der Waals surface area contributed by atoms with Gasteiger partial charge < -0.3 is 4.57 Å². The molecule has 126 valence electrons. The Morgan fingerprint density at radius 2 is 1.83 bits per heavy atom. The first-order valence-electron chi connectivity index (χ1n) is 7.57. The fourth-order valence-electron chi connectivity index (χ4n) is 2.47. The molecule has 0 saturated carbocycles. The number of rotatable bonds is 6. The van der Waals surface area contributed by atoms with Crippen LogP contribution in [0.4, 0.5) is 0 Å². The lowest BCUT2D eigenvalue weighted by Crippen LogP contribution is -2.09. The highest BCUT2D eigenvalue weighted by Gasteiger charge is 2.16. The van der Waals surface area contributed by atoms with Gasteiger partial charge in [0.15, 0.2) is 15.0 Å². The zero-order valence-electron chi connectivity index (χ0n) is 13.1. The largest absolute Gasteiger partial charge is 0.319 e. The van der Waals surface area contributed by atoms with Gasteiger partial charge in [-0.25, -0.2) is 13.4 Å². The summed E-state index contributed by atoms with van der Waals surface area (Å²) in [5, 5.41) is 1.38. The molecule has 0 radical (unpaired) electrons. The zero-order valence-corrected chi connectivity index (χ0v) is 15.5. The normalized spacial score (nSPS) is 11.9. The van der Waals surface area contributed by atoms with Gasteiger partial charge >= 0.3 is 0 Å². The summed E-state index contributed by atoms with van der Waals surface area (Å²) in [5.74, 6) is 0.514. The minimum Gasteiger partial charge on any atom is -0.319 e. The highest BCUT2D eigenvalue weighted by atomic mass is 35.5. The van der Waals surface area contributed by atoms with E-state index in [9.17, 15) is 8.42 Å². The Labute approximate surface area is 150 Å². The zero-order chi connectivity index (χ0) is 17.2. The predicted molar refractivity (Wildman–Crippen MR) is 99.6 cm³/mol. The summed E-state index contributed by atoms with van der Waals surface area (Å²) in [7, 11) is -3.31. The molecule has 0 spiro atoms. The van der Waals surface area contributed by atoms with Crippen molar-refractivity contribution in [3.05, 3.63) is 53.6 Å². The molecule has 0 fully saturated rings. The lowest BCUT2D eigenvalue weighted by molar-refractivity contribution is 0.597. The van der Waals surface area contributed by atoms with Crippen molar-refractivity contribution in [1.29, 1.82) is 0 Å². The quantitative estimate of drug-likeness (QED) is 0.599. The number of thioether (sulfide) groups is 1. The van der Waals surface area contributed by atoms with E-state index in [1.807, 2.05) is 24.3 Å². The summed E-state index contributed by atoms with van der Waals surface area (Å²) in [6.07, 6.45) is 0. The van der Waals surface area contributed by atoms with Crippen LogP contribution in [0.5, 0.6) is 0 Å². The van der Waals surface area contributed by atoms with Crippen LogP contribution in [0.15, 0.2) is 58.6 Å². The van der Waals surface area contributed by atoms with Crippen molar-refractivity contribution >= 4 is 44.2 Å². The summed E-state index contributed by atoms with van der Waals surface area (Å²) in [6, 6.07) is 14.2. The number of nitrogens with zero attached hydrogens (tertiary/aromatic N) is 2. The van der Waals surface area contributed by atoms with E-state index in [1.54, 1.807) is 24.3 Å². The SMILES string of the molecule is CCn1c(SCCS(=O)(=O)c2ccc(Cl)cc2)nc2ccccc21. The lowest BCUT2D eigenvalue weighted by atomic mass is 10.3. The first-order chi connectivity index (χ1) is 11.5. The molecule has 0 N–H and O–H groups in total. The van der Waals surface area contributed by atoms with Gasteiger partial charge in [0, 0.05) is 17.3 Å². The van der Waals surface area contributed by atoms with Crippen LogP contribution >= 0.6 is 23.4 Å². The average molecular weight is 381 g/mol. The van der Waals surface area contributed by atoms with Crippen LogP contribution in [0, 0.1) is 0 Å². The van der Waals surface area contributed by atoms with E-state index in [0.717, 1.165) is 22.7 Å². The van der Waals surface area contributed by atoms with Crippen LogP contribution in [0.3, 0.4) is 0 Å². The molecule has 24 heavy (non-hydrogen) atoms. The summed E-state index contributed by atoms with van der Waals surface area (Å²) in [5.41, 5.74) is 2.01. The number of hydrogen-bond donors (Lipinski definition) is 0. The Morgan fingerprint density at radius 1 is 1.12 bits per heavy atom. The number of aryl methyl sites for hydroxylation is 1. The van der Waals surface area contributed by atoms with Crippen molar-refractivity contribution in [3.63, 3.8) is 0 Å². The number of imidazole rings is 1. The van der Waals surface area contributed by atoms with Crippen molar-refractivity contribution in [2.24, 2.45) is 0 Å². The second-order valence-corrected chi connectivity index (χ2v) is 8.86. The fraction of sp³-hybridized carbons (Fsp3) is 0.235. The Balaban J connectivity index is 1.73. The van der Waals surface area contributed by atoms with Gasteiger partial charge in [-0.15, -0.1) is 0 Å². The smallest absolute Gasteiger partial charge is 0.179 e. The van der Waals surface area contributed by atoms with E-state index in [-0.39, 0.29) is 5.75 Å². The summed E-state index contributed by atoms with van der Waals surface area (Å²) < 4.78 is 26.9. The number of para-hydroxylation sites is 2. The van der Waals surface area contributed by atoms with Gasteiger partial charge in [0.2, 0.25) is 0 Å². The third-order valence-electron chi connectivity index (χ3n) is 3.69. The van der Waals surface area contributed by atoms with Gasteiger partial charge in [-0.3, -0.25) is 0 Å². The maximum atomic E-state index is 12.4. The number of hydrogen-bond acceptors (Lipinski definition) is 4. The number of sulfone groups is 1. The third kappa shape index (κ3) is 3.61. The summed E-state index contributed by atoms with van der Waals surface area (Å²) in [6.45, 7) is 2.86. The summed E-state index contributed by atoms with van der Waals surface area (Å²) in [4.78, 5) is 4.90. The summed E-state index contributed by atoms with van der Waals surface area (Å²) >= 11 is 7.28. The molecule has 1 heterocycles. The molecule has 0 amide bonds. The van der Waals surface area contributed by atoms with Crippen LogP contribution in [0.1, 0.15) is 6.92 Å². The van der Waals surface area contributed by atoms with E-state index >= 15 is 0 Å². The first kappa shape index (κ1) is 17.3. The van der Waals surface area contributed by atoms with E-state index in [0.29, 0.717) is 15.7 Å². The molecular weight excluding hydrogens is 364 g/mol.